The molecule has 0 amide bonds. The van der Waals surface area contributed by atoms with Gasteiger partial charge in [0.05, 0.1) is 0 Å². The van der Waals surface area contributed by atoms with Crippen LogP contribution in [0.1, 0.15) is 10.5 Å². The van der Waals surface area contributed by atoms with E-state index in [2.05, 4.69) is 4.98 Å². The molecule has 0 aliphatic carbocycles. The minimum atomic E-state index is 0.497. The zero-order valence-electron chi connectivity index (χ0n) is 9.18. The Bertz CT molecular complexity index is 488. The Kier molecular flexibility index (Phi) is 3.01. The van der Waals surface area contributed by atoms with Crippen molar-refractivity contribution in [3.8, 4) is 10.6 Å². The Labute approximate surface area is 98.4 Å². The normalized spacial score (nSPS) is 10.1. The van der Waals surface area contributed by atoms with E-state index in [4.69, 9.17) is 0 Å². The Hall–Kier alpha value is -1.68. The molecule has 0 unspecified atom stereocenters. The van der Waals surface area contributed by atoms with Gasteiger partial charge in [0, 0.05) is 30.7 Å². The molecule has 2 rings (SSSR count). The van der Waals surface area contributed by atoms with E-state index in [1.807, 2.05) is 43.3 Å². The number of carbonyl (C=O) groups excluding carboxylic acids is 1. The van der Waals surface area contributed by atoms with Crippen molar-refractivity contribution in [3.05, 3.63) is 35.3 Å². The molecule has 16 heavy (non-hydrogen) atoms. The highest BCUT2D eigenvalue weighted by Crippen LogP contribution is 2.25. The summed E-state index contributed by atoms with van der Waals surface area (Å²) in [4.78, 5) is 16.8. The summed E-state index contributed by atoms with van der Waals surface area (Å²) in [6.45, 7) is 0. The molecule has 1 aromatic carbocycles. The molecule has 1 heterocycles. The Morgan fingerprint density at radius 3 is 2.44 bits per heavy atom. The topological polar surface area (TPSA) is 33.2 Å². The van der Waals surface area contributed by atoms with Crippen LogP contribution in [0.5, 0.6) is 0 Å². The van der Waals surface area contributed by atoms with Crippen molar-refractivity contribution in [2.45, 2.75) is 0 Å². The van der Waals surface area contributed by atoms with Crippen molar-refractivity contribution in [2.24, 2.45) is 0 Å². The molecular formula is C12H12N2OS. The first-order chi connectivity index (χ1) is 7.70. The predicted octanol–water partition coefficient (Wildman–Crippen LogP) is 2.69. The van der Waals surface area contributed by atoms with Crippen LogP contribution in [0.15, 0.2) is 29.6 Å². The fourth-order valence-electron chi connectivity index (χ4n) is 1.38. The number of thiazole rings is 1. The third-order valence-electron chi connectivity index (χ3n) is 2.27. The molecule has 4 heteroatoms. The van der Waals surface area contributed by atoms with Gasteiger partial charge in [0.1, 0.15) is 10.7 Å². The lowest BCUT2D eigenvalue weighted by Crippen LogP contribution is -2.07. The maximum absolute atomic E-state index is 10.5. The first-order valence-corrected chi connectivity index (χ1v) is 5.77. The second-order valence-corrected chi connectivity index (χ2v) is 4.49. The number of nitrogens with zero attached hydrogens (tertiary/aromatic N) is 2. The number of carbonyl (C=O) groups is 1. The molecule has 0 atom stereocenters. The monoisotopic (exact) mass is 232 g/mol. The summed E-state index contributed by atoms with van der Waals surface area (Å²) in [5, 5.41) is 2.65. The van der Waals surface area contributed by atoms with Gasteiger partial charge in [0.25, 0.3) is 0 Å². The minimum Gasteiger partial charge on any atom is -0.378 e. The van der Waals surface area contributed by atoms with E-state index in [-0.39, 0.29) is 0 Å². The number of anilines is 1. The summed E-state index contributed by atoms with van der Waals surface area (Å²) in [7, 11) is 4.01. The van der Waals surface area contributed by atoms with Crippen LogP contribution >= 0.6 is 11.3 Å². The van der Waals surface area contributed by atoms with Crippen LogP contribution in [0.4, 0.5) is 5.69 Å². The van der Waals surface area contributed by atoms with Crippen LogP contribution in [-0.2, 0) is 0 Å². The van der Waals surface area contributed by atoms with E-state index in [0.717, 1.165) is 22.5 Å². The van der Waals surface area contributed by atoms with Crippen molar-refractivity contribution < 1.29 is 4.79 Å². The third kappa shape index (κ3) is 2.12. The van der Waals surface area contributed by atoms with Crippen LogP contribution in [0.2, 0.25) is 0 Å². The predicted molar refractivity (Wildman–Crippen MR) is 67.3 cm³/mol. The molecule has 0 fully saturated rings. The second kappa shape index (κ2) is 4.45. The van der Waals surface area contributed by atoms with Crippen molar-refractivity contribution in [1.29, 1.82) is 0 Å². The van der Waals surface area contributed by atoms with Crippen LogP contribution in [0.3, 0.4) is 0 Å². The summed E-state index contributed by atoms with van der Waals surface area (Å²) < 4.78 is 0. The molecule has 0 aliphatic rings. The zero-order chi connectivity index (χ0) is 11.5. The van der Waals surface area contributed by atoms with E-state index >= 15 is 0 Å². The molecule has 0 saturated carbocycles. The zero-order valence-corrected chi connectivity index (χ0v) is 9.99. The average Bonchev–Trinajstić information content (AvgIpc) is 2.77. The summed E-state index contributed by atoms with van der Waals surface area (Å²) in [5.41, 5.74) is 2.69. The van der Waals surface area contributed by atoms with Gasteiger partial charge in [0.2, 0.25) is 0 Å². The second-order valence-electron chi connectivity index (χ2n) is 3.64. The molecule has 0 radical (unpaired) electrons. The van der Waals surface area contributed by atoms with Crippen molar-refractivity contribution >= 4 is 23.3 Å². The quantitative estimate of drug-likeness (QED) is 0.763. The Morgan fingerprint density at radius 1 is 1.25 bits per heavy atom. The molecular weight excluding hydrogens is 220 g/mol. The summed E-state index contributed by atoms with van der Waals surface area (Å²) in [6.07, 6.45) is 0.772. The molecule has 0 spiro atoms. The highest BCUT2D eigenvalue weighted by Gasteiger charge is 2.04. The van der Waals surface area contributed by atoms with Crippen molar-refractivity contribution in [3.63, 3.8) is 0 Å². The van der Waals surface area contributed by atoms with Crippen LogP contribution in [0.25, 0.3) is 10.6 Å². The molecule has 1 aromatic heterocycles. The van der Waals surface area contributed by atoms with E-state index in [0.29, 0.717) is 5.69 Å². The molecule has 0 bridgehead atoms. The molecule has 0 N–H and O–H groups in total. The fourth-order valence-corrected chi connectivity index (χ4v) is 2.15. The maximum Gasteiger partial charge on any atom is 0.169 e. The van der Waals surface area contributed by atoms with Gasteiger partial charge in [-0.2, -0.15) is 0 Å². The van der Waals surface area contributed by atoms with Crippen molar-refractivity contribution in [1.82, 2.24) is 4.98 Å². The largest absolute Gasteiger partial charge is 0.378 e. The molecule has 3 nitrogen and oxygen atoms in total. The van der Waals surface area contributed by atoms with Gasteiger partial charge in [-0.05, 0) is 24.3 Å². The first-order valence-electron chi connectivity index (χ1n) is 4.89. The van der Waals surface area contributed by atoms with Gasteiger partial charge in [-0.3, -0.25) is 4.79 Å². The number of hydrogen-bond acceptors (Lipinski definition) is 4. The molecule has 2 aromatic rings. The molecule has 82 valence electrons. The number of hydrogen-bond donors (Lipinski definition) is 0. The summed E-state index contributed by atoms with van der Waals surface area (Å²) >= 11 is 1.49. The van der Waals surface area contributed by atoms with Gasteiger partial charge in [0.15, 0.2) is 6.29 Å². The Balaban J connectivity index is 2.30. The Morgan fingerprint density at radius 2 is 1.94 bits per heavy atom. The van der Waals surface area contributed by atoms with Gasteiger partial charge in [-0.15, -0.1) is 11.3 Å². The SMILES string of the molecule is CN(C)c1ccc(-c2nc(C=O)cs2)cc1. The number of aldehydes is 1. The highest BCUT2D eigenvalue weighted by molar-refractivity contribution is 7.13. The van der Waals surface area contributed by atoms with E-state index in [9.17, 15) is 4.79 Å². The van der Waals surface area contributed by atoms with E-state index in [1.165, 1.54) is 11.3 Å². The lowest BCUT2D eigenvalue weighted by Gasteiger charge is -2.11. The van der Waals surface area contributed by atoms with Crippen LogP contribution in [0, 0.1) is 0 Å². The minimum absolute atomic E-state index is 0.497. The smallest absolute Gasteiger partial charge is 0.169 e. The van der Waals surface area contributed by atoms with E-state index in [1.54, 1.807) is 5.38 Å². The average molecular weight is 232 g/mol. The first kappa shape index (κ1) is 10.8. The lowest BCUT2D eigenvalue weighted by molar-refractivity contribution is 0.111. The molecule has 0 saturated heterocycles. The van der Waals surface area contributed by atoms with Gasteiger partial charge in [-0.1, -0.05) is 0 Å². The highest BCUT2D eigenvalue weighted by atomic mass is 32.1. The van der Waals surface area contributed by atoms with Gasteiger partial charge >= 0.3 is 0 Å². The van der Waals surface area contributed by atoms with Gasteiger partial charge in [-0.25, -0.2) is 4.98 Å². The number of aromatic nitrogens is 1. The van der Waals surface area contributed by atoms with Crippen LogP contribution < -0.4 is 4.90 Å². The summed E-state index contributed by atoms with van der Waals surface area (Å²) in [6, 6.07) is 8.11. The van der Waals surface area contributed by atoms with Crippen LogP contribution in [-0.4, -0.2) is 25.4 Å². The number of benzene rings is 1. The summed E-state index contributed by atoms with van der Waals surface area (Å²) in [5.74, 6) is 0. The van der Waals surface area contributed by atoms with Crippen molar-refractivity contribution in [2.75, 3.05) is 19.0 Å². The maximum atomic E-state index is 10.5. The van der Waals surface area contributed by atoms with Gasteiger partial charge < -0.3 is 4.90 Å². The number of rotatable bonds is 3. The standard InChI is InChI=1S/C12H12N2OS/c1-14(2)11-5-3-9(4-6-11)12-13-10(7-15)8-16-12/h3-8H,1-2H3. The molecule has 0 aliphatic heterocycles. The fraction of sp³-hybridized carbons (Fsp3) is 0.167. The van der Waals surface area contributed by atoms with E-state index < -0.39 is 0 Å². The third-order valence-corrected chi connectivity index (χ3v) is 3.18. The lowest BCUT2D eigenvalue weighted by atomic mass is 10.2.